The minimum absolute atomic E-state index is 0.161. The zero-order chi connectivity index (χ0) is 23.7. The summed E-state index contributed by atoms with van der Waals surface area (Å²) in [7, 11) is 0. The van der Waals surface area contributed by atoms with Gasteiger partial charge in [-0.05, 0) is 71.4 Å². The largest absolute Gasteiger partial charge is 0.443 e. The fourth-order valence-electron chi connectivity index (χ4n) is 3.04. The van der Waals surface area contributed by atoms with Gasteiger partial charge in [0.15, 0.2) is 5.82 Å². The number of benzene rings is 2. The van der Waals surface area contributed by atoms with Gasteiger partial charge >= 0.3 is 12.2 Å². The Labute approximate surface area is 187 Å². The van der Waals surface area contributed by atoms with Crippen molar-refractivity contribution >= 4 is 28.9 Å². The number of anilines is 1. The van der Waals surface area contributed by atoms with Crippen LogP contribution in [-0.2, 0) is 16.1 Å². The van der Waals surface area contributed by atoms with E-state index in [2.05, 4.69) is 5.10 Å². The summed E-state index contributed by atoms with van der Waals surface area (Å²) in [6.45, 7) is 10.2. The molecule has 8 nitrogen and oxygen atoms in total. The molecule has 0 saturated carbocycles. The number of ether oxygens (including phenoxy) is 2. The maximum atomic E-state index is 13.3. The number of amides is 2. The molecule has 0 fully saturated rings. The molecule has 0 atom stereocenters. The molecule has 2 amide bonds. The van der Waals surface area contributed by atoms with Crippen molar-refractivity contribution in [1.29, 1.82) is 0 Å². The minimum Gasteiger partial charge on any atom is -0.443 e. The van der Waals surface area contributed by atoms with Crippen LogP contribution in [0.25, 0.3) is 16.6 Å². The van der Waals surface area contributed by atoms with Crippen LogP contribution in [0.1, 0.15) is 47.1 Å². The first-order valence-corrected chi connectivity index (χ1v) is 10.3. The van der Waals surface area contributed by atoms with Crippen LogP contribution in [0.2, 0.25) is 0 Å². The van der Waals surface area contributed by atoms with E-state index in [9.17, 15) is 14.7 Å². The maximum absolute atomic E-state index is 13.3. The predicted molar refractivity (Wildman–Crippen MR) is 122 cm³/mol. The highest BCUT2D eigenvalue weighted by Gasteiger charge is 2.36. The van der Waals surface area contributed by atoms with Crippen LogP contribution < -0.4 is 4.90 Å². The summed E-state index contributed by atoms with van der Waals surface area (Å²) >= 11 is 0. The number of nitrogens with zero attached hydrogens (tertiary/aromatic N) is 3. The summed E-state index contributed by atoms with van der Waals surface area (Å²) in [4.78, 5) is 27.4. The summed E-state index contributed by atoms with van der Waals surface area (Å²) in [5.74, 6) is 0.194. The molecule has 3 rings (SSSR count). The monoisotopic (exact) mass is 439 g/mol. The minimum atomic E-state index is -0.878. The van der Waals surface area contributed by atoms with Gasteiger partial charge in [-0.3, -0.25) is 0 Å². The molecule has 0 bridgehead atoms. The van der Waals surface area contributed by atoms with Crippen molar-refractivity contribution in [3.8, 4) is 5.69 Å². The topological polar surface area (TPSA) is 93.9 Å². The SMILES string of the molecule is CC(C)(C)OC(=O)N(C(=O)OC(C)(C)C)c1c2ccc(CO)cc2nn1-c1ccccc1. The number of carbonyl (C=O) groups excluding carboxylic acids is 2. The summed E-state index contributed by atoms with van der Waals surface area (Å²) in [6, 6.07) is 14.3. The Morgan fingerprint density at radius 3 is 2.00 bits per heavy atom. The molecular weight excluding hydrogens is 410 g/mol. The average molecular weight is 440 g/mol. The van der Waals surface area contributed by atoms with E-state index >= 15 is 0 Å². The van der Waals surface area contributed by atoms with E-state index in [0.717, 1.165) is 4.90 Å². The van der Waals surface area contributed by atoms with Crippen molar-refractivity contribution in [2.75, 3.05) is 4.90 Å². The molecule has 170 valence electrons. The molecule has 0 spiro atoms. The lowest BCUT2D eigenvalue weighted by Gasteiger charge is -2.28. The number of fused-ring (bicyclic) bond motifs is 1. The molecule has 0 aliphatic rings. The van der Waals surface area contributed by atoms with E-state index in [1.165, 1.54) is 4.68 Å². The van der Waals surface area contributed by atoms with Crippen LogP contribution in [0, 0.1) is 0 Å². The van der Waals surface area contributed by atoms with Crippen LogP contribution in [-0.4, -0.2) is 38.3 Å². The Hall–Kier alpha value is -3.39. The van der Waals surface area contributed by atoms with E-state index in [-0.39, 0.29) is 12.4 Å². The molecule has 2 aromatic carbocycles. The first-order valence-electron chi connectivity index (χ1n) is 10.3. The van der Waals surface area contributed by atoms with E-state index < -0.39 is 23.4 Å². The Morgan fingerprint density at radius 1 is 0.938 bits per heavy atom. The average Bonchev–Trinajstić information content (AvgIpc) is 3.04. The maximum Gasteiger partial charge on any atom is 0.425 e. The van der Waals surface area contributed by atoms with Gasteiger partial charge in [0.2, 0.25) is 0 Å². The van der Waals surface area contributed by atoms with Crippen molar-refractivity contribution < 1.29 is 24.2 Å². The van der Waals surface area contributed by atoms with Gasteiger partial charge in [-0.25, -0.2) is 14.3 Å². The van der Waals surface area contributed by atoms with Crippen molar-refractivity contribution in [2.45, 2.75) is 59.4 Å². The fourth-order valence-corrected chi connectivity index (χ4v) is 3.04. The molecule has 0 aliphatic heterocycles. The Bertz CT molecular complexity index is 1100. The summed E-state index contributed by atoms with van der Waals surface area (Å²) < 4.78 is 12.6. The number of hydrogen-bond acceptors (Lipinski definition) is 6. The highest BCUT2D eigenvalue weighted by Crippen LogP contribution is 2.33. The van der Waals surface area contributed by atoms with Crippen molar-refractivity contribution in [3.05, 3.63) is 54.1 Å². The molecule has 8 heteroatoms. The Kier molecular flexibility index (Phi) is 6.27. The number of aliphatic hydroxyl groups excluding tert-OH is 1. The predicted octanol–water partition coefficient (Wildman–Crippen LogP) is 5.19. The van der Waals surface area contributed by atoms with Crippen molar-refractivity contribution in [3.63, 3.8) is 0 Å². The highest BCUT2D eigenvalue weighted by atomic mass is 16.6. The van der Waals surface area contributed by atoms with E-state index in [1.807, 2.05) is 30.3 Å². The molecule has 0 aliphatic carbocycles. The molecule has 1 N–H and O–H groups in total. The van der Waals surface area contributed by atoms with Crippen molar-refractivity contribution in [1.82, 2.24) is 9.78 Å². The molecule has 0 radical (unpaired) electrons. The van der Waals surface area contributed by atoms with Gasteiger partial charge in [0.25, 0.3) is 0 Å². The second-order valence-electron chi connectivity index (χ2n) is 9.38. The smallest absolute Gasteiger partial charge is 0.425 e. The van der Waals surface area contributed by atoms with Gasteiger partial charge in [-0.2, -0.15) is 10.00 Å². The van der Waals surface area contributed by atoms with E-state index in [0.29, 0.717) is 22.2 Å². The lowest BCUT2D eigenvalue weighted by Crippen LogP contribution is -2.44. The molecule has 0 unspecified atom stereocenters. The number of hydrogen-bond donors (Lipinski definition) is 1. The molecule has 1 heterocycles. The van der Waals surface area contributed by atoms with Gasteiger partial charge in [0, 0.05) is 5.39 Å². The second kappa shape index (κ2) is 8.63. The molecule has 32 heavy (non-hydrogen) atoms. The Balaban J connectivity index is 2.28. The first kappa shape index (κ1) is 23.3. The van der Waals surface area contributed by atoms with Gasteiger partial charge in [0.1, 0.15) is 11.2 Å². The zero-order valence-corrected chi connectivity index (χ0v) is 19.2. The van der Waals surface area contributed by atoms with Gasteiger partial charge < -0.3 is 14.6 Å². The third-order valence-electron chi connectivity index (χ3n) is 4.26. The number of aliphatic hydroxyl groups is 1. The molecule has 3 aromatic rings. The van der Waals surface area contributed by atoms with Gasteiger partial charge in [-0.15, -0.1) is 0 Å². The number of imide groups is 1. The quantitative estimate of drug-likeness (QED) is 0.603. The number of rotatable bonds is 3. The van der Waals surface area contributed by atoms with E-state index in [4.69, 9.17) is 9.47 Å². The van der Waals surface area contributed by atoms with Crippen LogP contribution >= 0.6 is 0 Å². The van der Waals surface area contributed by atoms with Crippen LogP contribution in [0.4, 0.5) is 15.4 Å². The number of carbonyl (C=O) groups is 2. The second-order valence-corrected chi connectivity index (χ2v) is 9.38. The van der Waals surface area contributed by atoms with Crippen LogP contribution in [0.15, 0.2) is 48.5 Å². The summed E-state index contributed by atoms with van der Waals surface area (Å²) in [6.07, 6.45) is -1.76. The fraction of sp³-hybridized carbons (Fsp3) is 0.375. The highest BCUT2D eigenvalue weighted by molar-refractivity contribution is 6.14. The van der Waals surface area contributed by atoms with Crippen molar-refractivity contribution in [2.24, 2.45) is 0 Å². The third kappa shape index (κ3) is 5.26. The summed E-state index contributed by atoms with van der Waals surface area (Å²) in [5.41, 5.74) is 0.126. The number of para-hydroxylation sites is 1. The van der Waals surface area contributed by atoms with Gasteiger partial charge in [0.05, 0.1) is 17.8 Å². The lowest BCUT2D eigenvalue weighted by molar-refractivity contribution is 0.0428. The normalized spacial score (nSPS) is 12.0. The standard InChI is InChI=1S/C24H29N3O5/c1-23(2,3)31-21(29)26(22(30)32-24(4,5)6)20-18-13-12-16(15-28)14-19(18)25-27(20)17-10-8-7-9-11-17/h7-14,28H,15H2,1-6H3. The first-order chi connectivity index (χ1) is 14.9. The number of aromatic nitrogens is 2. The van der Waals surface area contributed by atoms with Crippen LogP contribution in [0.3, 0.4) is 0 Å². The molecule has 0 saturated heterocycles. The Morgan fingerprint density at radius 2 is 1.50 bits per heavy atom. The van der Waals surface area contributed by atoms with E-state index in [1.54, 1.807) is 59.7 Å². The lowest BCUT2D eigenvalue weighted by atomic mass is 10.1. The van der Waals surface area contributed by atoms with Crippen LogP contribution in [0.5, 0.6) is 0 Å². The zero-order valence-electron chi connectivity index (χ0n) is 19.2. The molecular formula is C24H29N3O5. The molecule has 1 aromatic heterocycles. The van der Waals surface area contributed by atoms with Gasteiger partial charge in [-0.1, -0.05) is 24.3 Å². The summed E-state index contributed by atoms with van der Waals surface area (Å²) in [5, 5.41) is 14.7. The third-order valence-corrected chi connectivity index (χ3v) is 4.26.